The third-order valence-corrected chi connectivity index (χ3v) is 3.56. The number of carbonyl (C=O) groups is 2. The van der Waals surface area contributed by atoms with Gasteiger partial charge in [-0.05, 0) is 36.6 Å². The maximum atomic E-state index is 12.2. The molecule has 0 fully saturated rings. The first kappa shape index (κ1) is 17.7. The highest BCUT2D eigenvalue weighted by atomic mass is 16.2. The number of anilines is 1. The predicted octanol–water partition coefficient (Wildman–Crippen LogP) is 2.33. The molecular weight excluding hydrogens is 302 g/mol. The van der Waals surface area contributed by atoms with Gasteiger partial charge in [-0.25, -0.2) is 0 Å². The van der Waals surface area contributed by atoms with E-state index >= 15 is 0 Å². The molecule has 2 rings (SSSR count). The molecule has 5 heteroatoms. The minimum Gasteiger partial charge on any atom is -0.352 e. The molecule has 0 unspecified atom stereocenters. The van der Waals surface area contributed by atoms with E-state index in [4.69, 9.17) is 5.73 Å². The summed E-state index contributed by atoms with van der Waals surface area (Å²) < 4.78 is 0. The van der Waals surface area contributed by atoms with Gasteiger partial charge in [0.25, 0.3) is 5.91 Å². The SMILES string of the molecule is CCCNC(=O)c1cccc(NC(=O)[C@@H](N)Cc2ccccc2)c1. The van der Waals surface area contributed by atoms with Gasteiger partial charge in [-0.15, -0.1) is 0 Å². The van der Waals surface area contributed by atoms with E-state index in [1.54, 1.807) is 24.3 Å². The summed E-state index contributed by atoms with van der Waals surface area (Å²) in [5.41, 5.74) is 8.05. The number of carbonyl (C=O) groups excluding carboxylic acids is 2. The van der Waals surface area contributed by atoms with Gasteiger partial charge >= 0.3 is 0 Å². The van der Waals surface area contributed by atoms with Crippen molar-refractivity contribution in [3.8, 4) is 0 Å². The average molecular weight is 325 g/mol. The molecule has 2 aromatic rings. The Bertz CT molecular complexity index is 686. The number of nitrogens with two attached hydrogens (primary N) is 1. The number of rotatable bonds is 7. The van der Waals surface area contributed by atoms with Gasteiger partial charge in [0, 0.05) is 17.8 Å². The van der Waals surface area contributed by atoms with E-state index in [0.29, 0.717) is 24.2 Å². The second-order valence-corrected chi connectivity index (χ2v) is 5.62. The molecule has 2 aromatic carbocycles. The Morgan fingerprint density at radius 2 is 1.83 bits per heavy atom. The lowest BCUT2D eigenvalue weighted by atomic mass is 10.1. The molecule has 126 valence electrons. The van der Waals surface area contributed by atoms with E-state index < -0.39 is 6.04 Å². The molecule has 4 N–H and O–H groups in total. The van der Waals surface area contributed by atoms with Crippen molar-refractivity contribution in [2.45, 2.75) is 25.8 Å². The zero-order chi connectivity index (χ0) is 17.4. The molecule has 0 radical (unpaired) electrons. The van der Waals surface area contributed by atoms with Crippen LogP contribution in [-0.4, -0.2) is 24.4 Å². The minimum absolute atomic E-state index is 0.151. The average Bonchev–Trinajstić information content (AvgIpc) is 2.60. The highest BCUT2D eigenvalue weighted by Gasteiger charge is 2.15. The summed E-state index contributed by atoms with van der Waals surface area (Å²) in [5, 5.41) is 5.58. The van der Waals surface area contributed by atoms with Crippen LogP contribution in [0, 0.1) is 0 Å². The van der Waals surface area contributed by atoms with Crippen LogP contribution >= 0.6 is 0 Å². The van der Waals surface area contributed by atoms with Crippen LogP contribution in [0.4, 0.5) is 5.69 Å². The summed E-state index contributed by atoms with van der Waals surface area (Å²) in [4.78, 5) is 24.2. The van der Waals surface area contributed by atoms with Crippen LogP contribution in [0.2, 0.25) is 0 Å². The third-order valence-electron chi connectivity index (χ3n) is 3.56. The van der Waals surface area contributed by atoms with Gasteiger partial charge < -0.3 is 16.4 Å². The Balaban J connectivity index is 1.97. The van der Waals surface area contributed by atoms with Crippen molar-refractivity contribution in [3.05, 3.63) is 65.7 Å². The molecule has 5 nitrogen and oxygen atoms in total. The maximum Gasteiger partial charge on any atom is 0.251 e. The highest BCUT2D eigenvalue weighted by Crippen LogP contribution is 2.12. The molecule has 0 saturated carbocycles. The van der Waals surface area contributed by atoms with Crippen molar-refractivity contribution < 1.29 is 9.59 Å². The van der Waals surface area contributed by atoms with Gasteiger partial charge in [0.1, 0.15) is 0 Å². The van der Waals surface area contributed by atoms with E-state index in [0.717, 1.165) is 12.0 Å². The van der Waals surface area contributed by atoms with E-state index in [9.17, 15) is 9.59 Å². The number of hydrogen-bond donors (Lipinski definition) is 3. The smallest absolute Gasteiger partial charge is 0.251 e. The molecule has 0 spiro atoms. The second kappa shape index (κ2) is 8.84. The topological polar surface area (TPSA) is 84.2 Å². The van der Waals surface area contributed by atoms with E-state index in [-0.39, 0.29) is 11.8 Å². The minimum atomic E-state index is -0.648. The van der Waals surface area contributed by atoms with E-state index in [1.165, 1.54) is 0 Å². The predicted molar refractivity (Wildman–Crippen MR) is 95.8 cm³/mol. The Morgan fingerprint density at radius 3 is 2.54 bits per heavy atom. The highest BCUT2D eigenvalue weighted by molar-refractivity contribution is 5.98. The van der Waals surface area contributed by atoms with Crippen molar-refractivity contribution >= 4 is 17.5 Å². The second-order valence-electron chi connectivity index (χ2n) is 5.62. The normalized spacial score (nSPS) is 11.6. The lowest BCUT2D eigenvalue weighted by Crippen LogP contribution is -2.37. The maximum absolute atomic E-state index is 12.2. The molecule has 0 bridgehead atoms. The molecule has 0 aliphatic carbocycles. The van der Waals surface area contributed by atoms with Gasteiger partial charge in [0.05, 0.1) is 6.04 Å². The van der Waals surface area contributed by atoms with Crippen molar-refractivity contribution in [1.29, 1.82) is 0 Å². The molecule has 0 aliphatic heterocycles. The molecular formula is C19H23N3O2. The quantitative estimate of drug-likeness (QED) is 0.730. The fourth-order valence-corrected chi connectivity index (χ4v) is 2.27. The number of hydrogen-bond acceptors (Lipinski definition) is 3. The third kappa shape index (κ3) is 5.21. The van der Waals surface area contributed by atoms with Gasteiger partial charge in [-0.3, -0.25) is 9.59 Å². The van der Waals surface area contributed by atoms with Crippen molar-refractivity contribution in [3.63, 3.8) is 0 Å². The van der Waals surface area contributed by atoms with Crippen LogP contribution in [0.5, 0.6) is 0 Å². The van der Waals surface area contributed by atoms with Crippen molar-refractivity contribution in [1.82, 2.24) is 5.32 Å². The first-order valence-corrected chi connectivity index (χ1v) is 8.08. The summed E-state index contributed by atoms with van der Waals surface area (Å²) in [7, 11) is 0. The molecule has 0 heterocycles. The zero-order valence-corrected chi connectivity index (χ0v) is 13.8. The van der Waals surface area contributed by atoms with Crippen LogP contribution < -0.4 is 16.4 Å². The van der Waals surface area contributed by atoms with Crippen molar-refractivity contribution in [2.24, 2.45) is 5.73 Å². The Morgan fingerprint density at radius 1 is 1.08 bits per heavy atom. The summed E-state index contributed by atoms with van der Waals surface area (Å²) in [5.74, 6) is -0.425. The van der Waals surface area contributed by atoms with E-state index in [2.05, 4.69) is 10.6 Å². The standard InChI is InChI=1S/C19H23N3O2/c1-2-11-21-18(23)15-9-6-10-16(13-15)22-19(24)17(20)12-14-7-4-3-5-8-14/h3-10,13,17H,2,11-12,20H2,1H3,(H,21,23)(H,22,24)/t17-/m0/s1. The first-order chi connectivity index (χ1) is 11.6. The molecule has 0 saturated heterocycles. The fourth-order valence-electron chi connectivity index (χ4n) is 2.27. The summed E-state index contributed by atoms with van der Waals surface area (Å²) in [6, 6.07) is 15.8. The lowest BCUT2D eigenvalue weighted by Gasteiger charge is -2.13. The molecule has 0 aliphatic rings. The fraction of sp³-hybridized carbons (Fsp3) is 0.263. The number of amides is 2. The molecule has 2 amide bonds. The van der Waals surface area contributed by atoms with E-state index in [1.807, 2.05) is 37.3 Å². The van der Waals surface area contributed by atoms with Crippen LogP contribution in [0.15, 0.2) is 54.6 Å². The van der Waals surface area contributed by atoms with Crippen LogP contribution in [-0.2, 0) is 11.2 Å². The van der Waals surface area contributed by atoms with Gasteiger partial charge in [-0.1, -0.05) is 43.3 Å². The monoisotopic (exact) mass is 325 g/mol. The summed E-state index contributed by atoms with van der Waals surface area (Å²) >= 11 is 0. The molecule has 0 aromatic heterocycles. The van der Waals surface area contributed by atoms with Gasteiger partial charge in [0.15, 0.2) is 0 Å². The molecule has 1 atom stereocenters. The van der Waals surface area contributed by atoms with Crippen LogP contribution in [0.1, 0.15) is 29.3 Å². The van der Waals surface area contributed by atoms with Crippen molar-refractivity contribution in [2.75, 3.05) is 11.9 Å². The van der Waals surface area contributed by atoms with Crippen LogP contribution in [0.25, 0.3) is 0 Å². The number of nitrogens with one attached hydrogen (secondary N) is 2. The van der Waals surface area contributed by atoms with Crippen LogP contribution in [0.3, 0.4) is 0 Å². The summed E-state index contributed by atoms with van der Waals surface area (Å²) in [6.45, 7) is 2.61. The Kier molecular flexibility index (Phi) is 6.51. The van der Waals surface area contributed by atoms with Gasteiger partial charge in [0.2, 0.25) is 5.91 Å². The largest absolute Gasteiger partial charge is 0.352 e. The van der Waals surface area contributed by atoms with Gasteiger partial charge in [-0.2, -0.15) is 0 Å². The first-order valence-electron chi connectivity index (χ1n) is 8.08. The Hall–Kier alpha value is -2.66. The lowest BCUT2D eigenvalue weighted by molar-refractivity contribution is -0.117. The molecule has 24 heavy (non-hydrogen) atoms. The summed E-state index contributed by atoms with van der Waals surface area (Å²) in [6.07, 6.45) is 1.33. The number of benzene rings is 2. The zero-order valence-electron chi connectivity index (χ0n) is 13.8. The Labute approximate surface area is 142 Å².